The van der Waals surface area contributed by atoms with Gasteiger partial charge in [-0.05, 0) is 61.7 Å². The Bertz CT molecular complexity index is 1170. The first-order chi connectivity index (χ1) is 16.5. The molecule has 1 aliphatic rings. The highest BCUT2D eigenvalue weighted by Gasteiger charge is 2.31. The summed E-state index contributed by atoms with van der Waals surface area (Å²) in [6.45, 7) is 0.987. The van der Waals surface area contributed by atoms with E-state index in [9.17, 15) is 22.4 Å². The van der Waals surface area contributed by atoms with Gasteiger partial charge in [0.05, 0.1) is 11.9 Å². The van der Waals surface area contributed by atoms with Crippen molar-refractivity contribution in [3.05, 3.63) is 63.9 Å². The molecule has 1 unspecified atom stereocenters. The predicted octanol–water partition coefficient (Wildman–Crippen LogP) is 4.37. The maximum atomic E-state index is 13.5. The number of carbonyl (C=O) groups is 2. The van der Waals surface area contributed by atoms with Crippen LogP contribution in [0.1, 0.15) is 38.2 Å². The fourth-order valence-electron chi connectivity index (χ4n) is 4.03. The Labute approximate surface area is 215 Å². The van der Waals surface area contributed by atoms with Gasteiger partial charge in [0.2, 0.25) is 21.8 Å². The van der Waals surface area contributed by atoms with E-state index in [1.807, 2.05) is 0 Å². The van der Waals surface area contributed by atoms with Gasteiger partial charge < -0.3 is 10.2 Å². The lowest BCUT2D eigenvalue weighted by atomic mass is 10.1. The van der Waals surface area contributed by atoms with E-state index in [0.29, 0.717) is 15.6 Å². The topological polar surface area (TPSA) is 86.8 Å². The molecule has 0 heterocycles. The summed E-state index contributed by atoms with van der Waals surface area (Å²) in [6.07, 6.45) is 4.77. The van der Waals surface area contributed by atoms with Gasteiger partial charge in [0.25, 0.3) is 0 Å². The van der Waals surface area contributed by atoms with Crippen molar-refractivity contribution >= 4 is 50.7 Å². The molecule has 0 bridgehead atoms. The second-order valence-electron chi connectivity index (χ2n) is 8.67. The Morgan fingerprint density at radius 2 is 1.74 bits per heavy atom. The number of carbonyl (C=O) groups excluding carboxylic acids is 2. The maximum Gasteiger partial charge on any atom is 0.244 e. The van der Waals surface area contributed by atoms with Gasteiger partial charge in [-0.15, -0.1) is 0 Å². The van der Waals surface area contributed by atoms with Crippen LogP contribution in [0.5, 0.6) is 0 Å². The molecule has 1 saturated carbocycles. The molecule has 2 aromatic carbocycles. The van der Waals surface area contributed by atoms with Crippen LogP contribution in [0.25, 0.3) is 0 Å². The Hall–Kier alpha value is -2.36. The Balaban J connectivity index is 1.89. The van der Waals surface area contributed by atoms with Gasteiger partial charge in [-0.3, -0.25) is 13.9 Å². The molecule has 0 spiro atoms. The van der Waals surface area contributed by atoms with Gasteiger partial charge in [0, 0.05) is 22.6 Å². The quantitative estimate of drug-likeness (QED) is 0.508. The first kappa shape index (κ1) is 27.2. The van der Waals surface area contributed by atoms with Crippen molar-refractivity contribution in [2.75, 3.05) is 17.1 Å². The van der Waals surface area contributed by atoms with E-state index in [0.717, 1.165) is 48.4 Å². The standard InChI is InChI=1S/C24H28Cl2FN3O4S/c1-16(24(32)28-20-5-3-4-6-20)29(14-17-7-8-18(25)13-22(17)26)23(31)15-30(35(2,33)34)21-11-9-19(27)10-12-21/h7-13,16,20H,3-6,14-15H2,1-2H3,(H,28,32). The van der Waals surface area contributed by atoms with Crippen LogP contribution >= 0.6 is 23.2 Å². The number of halogens is 3. The Morgan fingerprint density at radius 3 is 2.31 bits per heavy atom. The number of nitrogens with zero attached hydrogens (tertiary/aromatic N) is 2. The number of hydrogen-bond acceptors (Lipinski definition) is 4. The van der Waals surface area contributed by atoms with Crippen LogP contribution in [0.4, 0.5) is 10.1 Å². The third-order valence-electron chi connectivity index (χ3n) is 6.02. The van der Waals surface area contributed by atoms with Gasteiger partial charge in [0.15, 0.2) is 0 Å². The van der Waals surface area contributed by atoms with E-state index in [2.05, 4.69) is 5.32 Å². The van der Waals surface area contributed by atoms with Crippen LogP contribution in [0.2, 0.25) is 10.0 Å². The largest absolute Gasteiger partial charge is 0.352 e. The molecule has 1 fully saturated rings. The number of hydrogen-bond donors (Lipinski definition) is 1. The van der Waals surface area contributed by atoms with Crippen molar-refractivity contribution in [3.8, 4) is 0 Å². The Kier molecular flexibility index (Phi) is 9.01. The van der Waals surface area contributed by atoms with E-state index < -0.39 is 34.3 Å². The number of anilines is 1. The molecular formula is C24H28Cl2FN3O4S. The van der Waals surface area contributed by atoms with Crippen molar-refractivity contribution in [2.24, 2.45) is 0 Å². The summed E-state index contributed by atoms with van der Waals surface area (Å²) in [4.78, 5) is 27.8. The molecule has 0 aliphatic heterocycles. The van der Waals surface area contributed by atoms with Crippen LogP contribution < -0.4 is 9.62 Å². The minimum Gasteiger partial charge on any atom is -0.352 e. The number of rotatable bonds is 9. The Morgan fingerprint density at radius 1 is 1.11 bits per heavy atom. The molecule has 7 nitrogen and oxygen atoms in total. The molecule has 1 atom stereocenters. The van der Waals surface area contributed by atoms with Crippen molar-refractivity contribution in [1.29, 1.82) is 0 Å². The predicted molar refractivity (Wildman–Crippen MR) is 135 cm³/mol. The zero-order valence-corrected chi connectivity index (χ0v) is 21.8. The highest BCUT2D eigenvalue weighted by atomic mass is 35.5. The lowest BCUT2D eigenvalue weighted by molar-refractivity contribution is -0.139. The second-order valence-corrected chi connectivity index (χ2v) is 11.4. The summed E-state index contributed by atoms with van der Waals surface area (Å²) >= 11 is 12.3. The molecule has 190 valence electrons. The summed E-state index contributed by atoms with van der Waals surface area (Å²) in [5.74, 6) is -1.48. The monoisotopic (exact) mass is 543 g/mol. The molecule has 0 saturated heterocycles. The fraction of sp³-hybridized carbons (Fsp3) is 0.417. The van der Waals surface area contributed by atoms with Crippen LogP contribution in [0.3, 0.4) is 0 Å². The number of sulfonamides is 1. The van der Waals surface area contributed by atoms with Crippen molar-refractivity contribution < 1.29 is 22.4 Å². The molecule has 2 amide bonds. The van der Waals surface area contributed by atoms with Crippen LogP contribution in [0.15, 0.2) is 42.5 Å². The summed E-state index contributed by atoms with van der Waals surface area (Å²) in [5.41, 5.74) is 0.687. The van der Waals surface area contributed by atoms with E-state index in [4.69, 9.17) is 23.2 Å². The van der Waals surface area contributed by atoms with E-state index >= 15 is 0 Å². The number of nitrogens with one attached hydrogen (secondary N) is 1. The van der Waals surface area contributed by atoms with E-state index in [1.165, 1.54) is 23.1 Å². The molecule has 3 rings (SSSR count). The van der Waals surface area contributed by atoms with Gasteiger partial charge in [-0.25, -0.2) is 12.8 Å². The van der Waals surface area contributed by atoms with E-state index in [1.54, 1.807) is 19.1 Å². The molecule has 35 heavy (non-hydrogen) atoms. The van der Waals surface area contributed by atoms with Gasteiger partial charge in [0.1, 0.15) is 18.4 Å². The summed E-state index contributed by atoms with van der Waals surface area (Å²) in [7, 11) is -3.89. The minimum atomic E-state index is -3.89. The SMILES string of the molecule is CC(C(=O)NC1CCCC1)N(Cc1ccc(Cl)cc1Cl)C(=O)CN(c1ccc(F)cc1)S(C)(=O)=O. The average Bonchev–Trinajstić information content (AvgIpc) is 3.29. The van der Waals surface area contributed by atoms with Crippen LogP contribution in [-0.2, 0) is 26.2 Å². The van der Waals surface area contributed by atoms with Crippen molar-refractivity contribution in [1.82, 2.24) is 10.2 Å². The van der Waals surface area contributed by atoms with Gasteiger partial charge in [-0.2, -0.15) is 0 Å². The molecule has 11 heteroatoms. The number of benzene rings is 2. The lowest BCUT2D eigenvalue weighted by Gasteiger charge is -2.32. The summed E-state index contributed by atoms with van der Waals surface area (Å²) < 4.78 is 39.3. The smallest absolute Gasteiger partial charge is 0.244 e. The number of amides is 2. The average molecular weight is 544 g/mol. The zero-order valence-electron chi connectivity index (χ0n) is 19.5. The summed E-state index contributed by atoms with van der Waals surface area (Å²) in [5, 5.41) is 3.72. The van der Waals surface area contributed by atoms with Crippen LogP contribution in [-0.4, -0.2) is 50.0 Å². The lowest BCUT2D eigenvalue weighted by Crippen LogP contribution is -2.52. The molecule has 0 radical (unpaired) electrons. The molecule has 1 aliphatic carbocycles. The third-order valence-corrected chi connectivity index (χ3v) is 7.75. The van der Waals surface area contributed by atoms with Crippen molar-refractivity contribution in [2.45, 2.75) is 51.2 Å². The van der Waals surface area contributed by atoms with Crippen molar-refractivity contribution in [3.63, 3.8) is 0 Å². The minimum absolute atomic E-state index is 0.0326. The molecule has 1 N–H and O–H groups in total. The first-order valence-corrected chi connectivity index (χ1v) is 13.8. The molecule has 0 aromatic heterocycles. The fourth-order valence-corrected chi connectivity index (χ4v) is 5.35. The van der Waals surface area contributed by atoms with E-state index in [-0.39, 0.29) is 24.2 Å². The molecule has 2 aromatic rings. The zero-order chi connectivity index (χ0) is 25.8. The second kappa shape index (κ2) is 11.6. The molecular weight excluding hydrogens is 516 g/mol. The van der Waals surface area contributed by atoms with Crippen LogP contribution in [0, 0.1) is 5.82 Å². The maximum absolute atomic E-state index is 13.5. The normalized spacial score (nSPS) is 15.0. The third kappa shape index (κ3) is 7.32. The highest BCUT2D eigenvalue weighted by Crippen LogP contribution is 2.25. The van der Waals surface area contributed by atoms with Gasteiger partial charge >= 0.3 is 0 Å². The van der Waals surface area contributed by atoms with Gasteiger partial charge in [-0.1, -0.05) is 42.1 Å². The highest BCUT2D eigenvalue weighted by molar-refractivity contribution is 7.92. The first-order valence-electron chi connectivity index (χ1n) is 11.2. The summed E-state index contributed by atoms with van der Waals surface area (Å²) in [6, 6.07) is 8.74.